The monoisotopic (exact) mass is 670 g/mol. The van der Waals surface area contributed by atoms with Crippen molar-refractivity contribution in [3.8, 4) is 0 Å². The third-order valence-corrected chi connectivity index (χ3v) is 10.3. The van der Waals surface area contributed by atoms with Crippen LogP contribution in [0.4, 0.5) is 28.4 Å². The summed E-state index contributed by atoms with van der Waals surface area (Å²) in [5.41, 5.74) is 1.35. The average molecular weight is 671 g/mol. The first kappa shape index (κ1) is 34.0. The third kappa shape index (κ3) is 8.06. The number of hydrogen-bond acceptors (Lipinski definition) is 6. The first-order valence-electron chi connectivity index (χ1n) is 17.0. The Balaban J connectivity index is 1.09. The molecule has 0 bridgehead atoms. The number of nitrogens with zero attached hydrogens (tertiary/aromatic N) is 5. The number of likely N-dealkylation sites (tertiary alicyclic amines) is 2. The van der Waals surface area contributed by atoms with E-state index in [1.165, 1.54) is 17.0 Å². The fraction of sp³-hybridized carbons (Fsp3) is 0.571. The van der Waals surface area contributed by atoms with Crippen molar-refractivity contribution in [3.05, 3.63) is 65.2 Å². The van der Waals surface area contributed by atoms with Crippen molar-refractivity contribution in [2.75, 3.05) is 71.3 Å². The van der Waals surface area contributed by atoms with Crippen molar-refractivity contribution in [2.45, 2.75) is 62.9 Å². The quantitative estimate of drug-likeness (QED) is 0.486. The van der Waals surface area contributed by atoms with Crippen molar-refractivity contribution >= 4 is 23.7 Å². The number of alkyl halides is 3. The molecule has 4 aliphatic heterocycles. The van der Waals surface area contributed by atoms with Gasteiger partial charge in [0.2, 0.25) is 0 Å². The number of amides is 4. The molecule has 4 amide bonds. The predicted octanol–water partition coefficient (Wildman–Crippen LogP) is 4.55. The van der Waals surface area contributed by atoms with Gasteiger partial charge in [-0.3, -0.25) is 9.69 Å². The highest BCUT2D eigenvalue weighted by atomic mass is 19.4. The number of piperidine rings is 2. The molecule has 0 saturated carbocycles. The Kier molecular flexibility index (Phi) is 10.4. The summed E-state index contributed by atoms with van der Waals surface area (Å²) >= 11 is 0. The minimum absolute atomic E-state index is 0.0625. The number of ether oxygens (including phenoxy) is 1. The summed E-state index contributed by atoms with van der Waals surface area (Å²) in [6.45, 7) is 6.21. The normalized spacial score (nSPS) is 21.3. The SMILES string of the molecule is CN1CCN(C2CCN(C(=O)[C@@H](Cc3cccc(C(F)(F)F)c3)OC(=O)N3CCC(N4CCc5ccccc5NC4=O)CC3)CC2)CC1. The maximum absolute atomic E-state index is 13.9. The Morgan fingerprint density at radius 2 is 1.52 bits per heavy atom. The Labute approximate surface area is 279 Å². The maximum atomic E-state index is 13.9. The van der Waals surface area contributed by atoms with Gasteiger partial charge in [0, 0.05) is 83.1 Å². The molecular weight excluding hydrogens is 625 g/mol. The van der Waals surface area contributed by atoms with Gasteiger partial charge in [-0.15, -0.1) is 0 Å². The molecule has 2 aromatic rings. The van der Waals surface area contributed by atoms with Crippen LogP contribution in [-0.2, 0) is 28.5 Å². The standard InChI is InChI=1S/C35H45F3N6O4/c1-40-19-21-41(22-20-40)28-10-14-42(15-11-28)32(45)31(24-25-5-4-7-27(23-25)35(36,37)38)48-34(47)43-16-12-29(13-17-43)44-18-9-26-6-2-3-8-30(26)39-33(44)46/h2-8,23,28-29,31H,9-22,24H2,1H3,(H,39,46)/t31-/m1/s1. The summed E-state index contributed by atoms with van der Waals surface area (Å²) in [6.07, 6.45) is -3.21. The van der Waals surface area contributed by atoms with E-state index in [4.69, 9.17) is 4.74 Å². The second kappa shape index (κ2) is 14.7. The highest BCUT2D eigenvalue weighted by Crippen LogP contribution is 2.31. The summed E-state index contributed by atoms with van der Waals surface area (Å²) in [6, 6.07) is 12.7. The van der Waals surface area contributed by atoms with Crippen LogP contribution in [0.25, 0.3) is 0 Å². The Hall–Kier alpha value is -3.84. The van der Waals surface area contributed by atoms with Gasteiger partial charge in [0.05, 0.1) is 5.56 Å². The molecule has 13 heteroatoms. The van der Waals surface area contributed by atoms with Crippen LogP contribution in [-0.4, -0.2) is 127 Å². The van der Waals surface area contributed by atoms with Gasteiger partial charge in [0.15, 0.2) is 6.10 Å². The Morgan fingerprint density at radius 3 is 2.23 bits per heavy atom. The Morgan fingerprint density at radius 1 is 0.854 bits per heavy atom. The van der Waals surface area contributed by atoms with Crippen molar-refractivity contribution in [1.29, 1.82) is 0 Å². The van der Waals surface area contributed by atoms with E-state index in [9.17, 15) is 27.6 Å². The van der Waals surface area contributed by atoms with Crippen molar-refractivity contribution in [2.24, 2.45) is 0 Å². The zero-order valence-corrected chi connectivity index (χ0v) is 27.5. The zero-order valence-electron chi connectivity index (χ0n) is 27.5. The van der Waals surface area contributed by atoms with Gasteiger partial charge in [0.25, 0.3) is 5.91 Å². The number of fused-ring (bicyclic) bond motifs is 1. The van der Waals surface area contributed by atoms with Gasteiger partial charge >= 0.3 is 18.3 Å². The largest absolute Gasteiger partial charge is 0.436 e. The molecule has 4 aliphatic rings. The number of urea groups is 1. The van der Waals surface area contributed by atoms with Crippen molar-refractivity contribution in [1.82, 2.24) is 24.5 Å². The summed E-state index contributed by atoms with van der Waals surface area (Å²) in [7, 11) is 2.11. The second-order valence-electron chi connectivity index (χ2n) is 13.4. The molecular formula is C35H45F3N6O4. The van der Waals surface area contributed by atoms with E-state index in [2.05, 4.69) is 22.2 Å². The van der Waals surface area contributed by atoms with E-state index in [1.54, 1.807) is 4.90 Å². The molecule has 0 radical (unpaired) electrons. The number of para-hydroxylation sites is 1. The summed E-state index contributed by atoms with van der Waals surface area (Å²) < 4.78 is 46.4. The molecule has 48 heavy (non-hydrogen) atoms. The van der Waals surface area contributed by atoms with Gasteiger partial charge in [-0.1, -0.05) is 36.4 Å². The average Bonchev–Trinajstić information content (AvgIpc) is 3.26. The lowest BCUT2D eigenvalue weighted by Gasteiger charge is -2.42. The second-order valence-corrected chi connectivity index (χ2v) is 13.4. The van der Waals surface area contributed by atoms with Crippen LogP contribution in [0.15, 0.2) is 48.5 Å². The minimum Gasteiger partial charge on any atom is -0.436 e. The van der Waals surface area contributed by atoms with E-state index < -0.39 is 23.9 Å². The molecule has 3 fully saturated rings. The van der Waals surface area contributed by atoms with Crippen molar-refractivity contribution in [3.63, 3.8) is 0 Å². The molecule has 6 rings (SSSR count). The fourth-order valence-electron chi connectivity index (χ4n) is 7.40. The minimum atomic E-state index is -4.53. The maximum Gasteiger partial charge on any atom is 0.416 e. The van der Waals surface area contributed by atoms with E-state index in [0.717, 1.165) is 68.8 Å². The van der Waals surface area contributed by atoms with Gasteiger partial charge in [-0.2, -0.15) is 13.2 Å². The fourth-order valence-corrected chi connectivity index (χ4v) is 7.40. The highest BCUT2D eigenvalue weighted by molar-refractivity contribution is 5.91. The highest BCUT2D eigenvalue weighted by Gasteiger charge is 2.37. The number of carbonyl (C=O) groups excluding carboxylic acids is 3. The van der Waals surface area contributed by atoms with Crippen LogP contribution < -0.4 is 5.32 Å². The number of nitrogens with one attached hydrogen (secondary N) is 1. The van der Waals surface area contributed by atoms with Gasteiger partial charge in [-0.25, -0.2) is 9.59 Å². The Bertz CT molecular complexity index is 1450. The molecule has 4 heterocycles. The first-order chi connectivity index (χ1) is 23.0. The zero-order chi connectivity index (χ0) is 33.8. The van der Waals surface area contributed by atoms with Crippen LogP contribution in [0.5, 0.6) is 0 Å². The molecule has 0 aliphatic carbocycles. The molecule has 3 saturated heterocycles. The van der Waals surface area contributed by atoms with Crippen LogP contribution in [0.1, 0.15) is 42.4 Å². The number of rotatable bonds is 6. The van der Waals surface area contributed by atoms with E-state index >= 15 is 0 Å². The lowest BCUT2D eigenvalue weighted by molar-refractivity contribution is -0.142. The van der Waals surface area contributed by atoms with Crippen LogP contribution in [0.3, 0.4) is 0 Å². The topological polar surface area (TPSA) is 88.7 Å². The molecule has 0 spiro atoms. The molecule has 0 unspecified atom stereocenters. The lowest BCUT2D eigenvalue weighted by atomic mass is 10.00. The number of carbonyl (C=O) groups is 3. The third-order valence-electron chi connectivity index (χ3n) is 10.3. The molecule has 2 aromatic carbocycles. The predicted molar refractivity (Wildman–Crippen MR) is 175 cm³/mol. The van der Waals surface area contributed by atoms with Crippen molar-refractivity contribution < 1.29 is 32.3 Å². The van der Waals surface area contributed by atoms with Gasteiger partial charge in [-0.05, 0) is 62.4 Å². The lowest BCUT2D eigenvalue weighted by Crippen LogP contribution is -2.54. The van der Waals surface area contributed by atoms with E-state index in [1.807, 2.05) is 29.2 Å². The van der Waals surface area contributed by atoms with Gasteiger partial charge < -0.3 is 29.7 Å². The summed E-state index contributed by atoms with van der Waals surface area (Å²) in [4.78, 5) is 50.3. The first-order valence-corrected chi connectivity index (χ1v) is 17.0. The van der Waals surface area contributed by atoms with Gasteiger partial charge in [0.1, 0.15) is 0 Å². The van der Waals surface area contributed by atoms with Crippen LogP contribution in [0.2, 0.25) is 0 Å². The number of likely N-dealkylation sites (N-methyl/N-ethyl adjacent to an activating group) is 1. The number of piperazine rings is 1. The van der Waals surface area contributed by atoms with E-state index in [0.29, 0.717) is 51.6 Å². The molecule has 10 nitrogen and oxygen atoms in total. The number of hydrogen-bond donors (Lipinski definition) is 1. The smallest absolute Gasteiger partial charge is 0.416 e. The summed E-state index contributed by atoms with van der Waals surface area (Å²) in [5, 5.41) is 3.00. The van der Waals surface area contributed by atoms with Crippen LogP contribution in [0, 0.1) is 0 Å². The molecule has 260 valence electrons. The number of benzene rings is 2. The number of anilines is 1. The summed E-state index contributed by atoms with van der Waals surface area (Å²) in [5.74, 6) is -0.381. The van der Waals surface area contributed by atoms with Crippen LogP contribution >= 0.6 is 0 Å². The molecule has 1 atom stereocenters. The molecule has 0 aromatic heterocycles. The number of halogens is 3. The van der Waals surface area contributed by atoms with E-state index in [-0.39, 0.29) is 30.0 Å². The molecule has 1 N–H and O–H groups in total.